The lowest BCUT2D eigenvalue weighted by atomic mass is 10.1. The molecule has 2 rings (SSSR count). The first-order valence-electron chi connectivity index (χ1n) is 8.48. The lowest BCUT2D eigenvalue weighted by molar-refractivity contribution is 0.0919. The van der Waals surface area contributed by atoms with Crippen molar-refractivity contribution in [3.05, 3.63) is 59.4 Å². The van der Waals surface area contributed by atoms with Crippen molar-refractivity contribution in [3.8, 4) is 5.75 Å². The number of carbonyl (C=O) groups excluding carboxylic acids is 2. The van der Waals surface area contributed by atoms with Crippen molar-refractivity contribution in [1.29, 1.82) is 0 Å². The van der Waals surface area contributed by atoms with Crippen molar-refractivity contribution in [1.82, 2.24) is 15.6 Å². The zero-order valence-corrected chi connectivity index (χ0v) is 15.6. The van der Waals surface area contributed by atoms with Crippen LogP contribution in [-0.2, 0) is 6.42 Å². The number of nitrogens with one attached hydrogen (secondary N) is 2. The number of nitrogens with zero attached hydrogens (tertiary/aromatic N) is 1. The van der Waals surface area contributed by atoms with E-state index in [0.717, 1.165) is 11.3 Å². The van der Waals surface area contributed by atoms with Crippen LogP contribution in [0.5, 0.6) is 5.75 Å². The zero-order valence-electron chi connectivity index (χ0n) is 15.6. The first-order valence-corrected chi connectivity index (χ1v) is 8.48. The van der Waals surface area contributed by atoms with Gasteiger partial charge in [0.2, 0.25) is 0 Å². The summed E-state index contributed by atoms with van der Waals surface area (Å²) in [6.45, 7) is 6.17. The van der Waals surface area contributed by atoms with Crippen molar-refractivity contribution in [3.63, 3.8) is 0 Å². The van der Waals surface area contributed by atoms with Crippen LogP contribution < -0.4 is 15.4 Å². The molecule has 6 nitrogen and oxygen atoms in total. The summed E-state index contributed by atoms with van der Waals surface area (Å²) in [7, 11) is 1.62. The van der Waals surface area contributed by atoms with Crippen LogP contribution in [0.4, 0.5) is 0 Å². The van der Waals surface area contributed by atoms with Gasteiger partial charge in [-0.15, -0.1) is 0 Å². The van der Waals surface area contributed by atoms with Crippen molar-refractivity contribution >= 4 is 11.8 Å². The van der Waals surface area contributed by atoms with E-state index in [-0.39, 0.29) is 23.0 Å². The average molecular weight is 355 g/mol. The molecule has 0 spiro atoms. The highest BCUT2D eigenvalue weighted by molar-refractivity contribution is 5.98. The molecule has 0 fully saturated rings. The van der Waals surface area contributed by atoms with Crippen molar-refractivity contribution in [2.24, 2.45) is 0 Å². The molecule has 1 aromatic heterocycles. The topological polar surface area (TPSA) is 80.3 Å². The van der Waals surface area contributed by atoms with E-state index in [1.807, 2.05) is 45.0 Å². The van der Waals surface area contributed by atoms with Crippen LogP contribution in [0.25, 0.3) is 0 Å². The van der Waals surface area contributed by atoms with Crippen molar-refractivity contribution in [2.45, 2.75) is 32.7 Å². The molecule has 0 aliphatic carbocycles. The Morgan fingerprint density at radius 2 is 1.88 bits per heavy atom. The van der Waals surface area contributed by atoms with Gasteiger partial charge in [-0.2, -0.15) is 0 Å². The van der Waals surface area contributed by atoms with Gasteiger partial charge < -0.3 is 15.4 Å². The number of carbonyl (C=O) groups is 2. The highest BCUT2D eigenvalue weighted by Gasteiger charge is 2.17. The first kappa shape index (κ1) is 19.4. The number of hydrogen-bond donors (Lipinski definition) is 2. The smallest absolute Gasteiger partial charge is 0.269 e. The summed E-state index contributed by atoms with van der Waals surface area (Å²) in [6, 6.07) is 10.8. The minimum Gasteiger partial charge on any atom is -0.497 e. The van der Waals surface area contributed by atoms with Gasteiger partial charge in [0.05, 0.1) is 7.11 Å². The number of ether oxygens (including phenoxy) is 1. The summed E-state index contributed by atoms with van der Waals surface area (Å²) in [6.07, 6.45) is 2.14. The fourth-order valence-electron chi connectivity index (χ4n) is 2.35. The Labute approximate surface area is 154 Å². The lowest BCUT2D eigenvalue weighted by Crippen LogP contribution is -2.40. The Morgan fingerprint density at radius 3 is 2.58 bits per heavy atom. The fraction of sp³-hybridized carbons (Fsp3) is 0.350. The van der Waals surface area contributed by atoms with E-state index in [2.05, 4.69) is 15.6 Å². The Balaban J connectivity index is 1.95. The predicted molar refractivity (Wildman–Crippen MR) is 100 cm³/mol. The van der Waals surface area contributed by atoms with Crippen molar-refractivity contribution < 1.29 is 14.3 Å². The standard InChI is InChI=1S/C20H25N3O3/c1-20(2,3)23-18(24)15-9-11-21-17(13-15)19(25)22-10-8-14-6-5-7-16(12-14)26-4/h5-7,9,11-13H,8,10H2,1-4H3,(H,22,25)(H,23,24). The van der Waals surface area contributed by atoms with Gasteiger partial charge in [0.25, 0.3) is 11.8 Å². The highest BCUT2D eigenvalue weighted by Crippen LogP contribution is 2.12. The molecule has 0 saturated carbocycles. The number of amides is 2. The van der Waals surface area contributed by atoms with E-state index >= 15 is 0 Å². The number of benzene rings is 1. The van der Waals surface area contributed by atoms with Gasteiger partial charge in [-0.25, -0.2) is 0 Å². The van der Waals surface area contributed by atoms with E-state index in [1.165, 1.54) is 12.3 Å². The molecule has 0 unspecified atom stereocenters. The average Bonchev–Trinajstić information content (AvgIpc) is 2.60. The first-order chi connectivity index (χ1) is 12.3. The van der Waals surface area contributed by atoms with Gasteiger partial charge in [-0.3, -0.25) is 14.6 Å². The maximum absolute atomic E-state index is 12.3. The molecule has 0 aliphatic heterocycles. The molecular formula is C20H25N3O3. The SMILES string of the molecule is COc1cccc(CCNC(=O)c2cc(C(=O)NC(C)(C)C)ccn2)c1. The number of rotatable bonds is 6. The maximum atomic E-state index is 12.3. The Bertz CT molecular complexity index is 782. The zero-order chi connectivity index (χ0) is 19.2. The fourth-order valence-corrected chi connectivity index (χ4v) is 2.35. The molecule has 2 amide bonds. The van der Waals surface area contributed by atoms with Crippen LogP contribution in [0.3, 0.4) is 0 Å². The minimum atomic E-state index is -0.348. The second-order valence-electron chi connectivity index (χ2n) is 6.99. The van der Waals surface area contributed by atoms with E-state index in [9.17, 15) is 9.59 Å². The van der Waals surface area contributed by atoms with Gasteiger partial charge in [0.1, 0.15) is 11.4 Å². The predicted octanol–water partition coefficient (Wildman–Crippen LogP) is 2.59. The molecule has 0 aliphatic rings. The molecule has 26 heavy (non-hydrogen) atoms. The largest absolute Gasteiger partial charge is 0.497 e. The highest BCUT2D eigenvalue weighted by atomic mass is 16.5. The second-order valence-corrected chi connectivity index (χ2v) is 6.99. The molecule has 0 bridgehead atoms. The molecule has 1 heterocycles. The summed E-state index contributed by atoms with van der Waals surface area (Å²) >= 11 is 0. The summed E-state index contributed by atoms with van der Waals surface area (Å²) in [4.78, 5) is 28.6. The van der Waals surface area contributed by atoms with Gasteiger partial charge >= 0.3 is 0 Å². The van der Waals surface area contributed by atoms with Gasteiger partial charge in [-0.1, -0.05) is 12.1 Å². The molecule has 0 atom stereocenters. The molecule has 0 saturated heterocycles. The molecule has 1 aromatic carbocycles. The molecule has 2 aromatic rings. The van der Waals surface area contributed by atoms with Gasteiger partial charge in [0, 0.05) is 23.8 Å². The van der Waals surface area contributed by atoms with Crippen LogP contribution >= 0.6 is 0 Å². The molecule has 6 heteroatoms. The number of hydrogen-bond acceptors (Lipinski definition) is 4. The number of pyridine rings is 1. The summed E-state index contributed by atoms with van der Waals surface area (Å²) in [5.74, 6) is 0.247. The quantitative estimate of drug-likeness (QED) is 0.835. The van der Waals surface area contributed by atoms with E-state index in [4.69, 9.17) is 4.74 Å². The molecule has 2 N–H and O–H groups in total. The second kappa shape index (κ2) is 8.47. The summed E-state index contributed by atoms with van der Waals surface area (Å²) < 4.78 is 5.19. The third kappa shape index (κ3) is 5.88. The Morgan fingerprint density at radius 1 is 1.12 bits per heavy atom. The van der Waals surface area contributed by atoms with Crippen LogP contribution in [-0.4, -0.2) is 36.0 Å². The van der Waals surface area contributed by atoms with Gasteiger partial charge in [-0.05, 0) is 57.0 Å². The van der Waals surface area contributed by atoms with E-state index in [1.54, 1.807) is 13.2 Å². The maximum Gasteiger partial charge on any atom is 0.269 e. The van der Waals surface area contributed by atoms with Crippen LogP contribution in [0.15, 0.2) is 42.6 Å². The van der Waals surface area contributed by atoms with E-state index in [0.29, 0.717) is 18.5 Å². The lowest BCUT2D eigenvalue weighted by Gasteiger charge is -2.20. The van der Waals surface area contributed by atoms with Crippen LogP contribution in [0.1, 0.15) is 47.2 Å². The number of aromatic nitrogens is 1. The third-order valence-electron chi connectivity index (χ3n) is 3.58. The summed E-state index contributed by atoms with van der Waals surface area (Å²) in [5, 5.41) is 5.69. The Hall–Kier alpha value is -2.89. The third-order valence-corrected chi connectivity index (χ3v) is 3.58. The number of methoxy groups -OCH3 is 1. The normalized spacial score (nSPS) is 10.9. The van der Waals surface area contributed by atoms with Crippen LogP contribution in [0, 0.1) is 0 Å². The van der Waals surface area contributed by atoms with Crippen LogP contribution in [0.2, 0.25) is 0 Å². The molecular weight excluding hydrogens is 330 g/mol. The van der Waals surface area contributed by atoms with E-state index < -0.39 is 0 Å². The monoisotopic (exact) mass is 355 g/mol. The molecule has 0 radical (unpaired) electrons. The summed E-state index contributed by atoms with van der Waals surface area (Å²) in [5.41, 5.74) is 1.35. The Kier molecular flexibility index (Phi) is 6.33. The van der Waals surface area contributed by atoms with Gasteiger partial charge in [0.15, 0.2) is 0 Å². The van der Waals surface area contributed by atoms with Crippen molar-refractivity contribution in [2.75, 3.05) is 13.7 Å². The minimum absolute atomic E-state index is 0.220. The molecule has 138 valence electrons.